The normalized spacial score (nSPS) is 13.9. The number of nitrogens with one attached hydrogen (secondary N) is 2. The summed E-state index contributed by atoms with van der Waals surface area (Å²) in [4.78, 5) is 7.11. The number of H-pyrrole nitrogens is 1. The maximum absolute atomic E-state index is 9.52. The number of hydrogen-bond donors (Lipinski definition) is 2. The quantitative estimate of drug-likeness (QED) is 0.367. The Balaban J connectivity index is 1.39. The Labute approximate surface area is 208 Å². The van der Waals surface area contributed by atoms with Crippen LogP contribution in [0.4, 0.5) is 11.5 Å². The first kappa shape index (κ1) is 23.5. The molecule has 2 aromatic heterocycles. The molecule has 0 radical (unpaired) electrons. The highest BCUT2D eigenvalue weighted by atomic mass is 16.5. The van der Waals surface area contributed by atoms with Crippen molar-refractivity contribution in [3.8, 4) is 34.6 Å². The van der Waals surface area contributed by atoms with Gasteiger partial charge in [0.1, 0.15) is 29.7 Å². The highest BCUT2D eigenvalue weighted by Gasteiger charge is 2.19. The predicted molar refractivity (Wildman–Crippen MR) is 135 cm³/mol. The zero-order chi connectivity index (χ0) is 24.9. The number of ether oxygens (including phenoxy) is 4. The lowest BCUT2D eigenvalue weighted by atomic mass is 10.1. The first-order chi connectivity index (χ1) is 17.7. The fraction of sp³-hybridized carbons (Fsp3) is 0.308. The molecule has 3 heterocycles. The van der Waals surface area contributed by atoms with E-state index in [0.29, 0.717) is 40.8 Å². The lowest BCUT2D eigenvalue weighted by molar-refractivity contribution is 0.0322. The van der Waals surface area contributed by atoms with Crippen LogP contribution in [0.2, 0.25) is 0 Å². The van der Waals surface area contributed by atoms with Crippen molar-refractivity contribution in [2.45, 2.75) is 0 Å². The van der Waals surface area contributed by atoms with Gasteiger partial charge in [0.2, 0.25) is 0 Å². The average molecular weight is 489 g/mol. The number of nitriles is 1. The molecule has 4 aromatic rings. The van der Waals surface area contributed by atoms with Gasteiger partial charge in [0.05, 0.1) is 27.4 Å². The predicted octanol–water partition coefficient (Wildman–Crippen LogP) is 3.67. The van der Waals surface area contributed by atoms with Gasteiger partial charge in [-0.1, -0.05) is 0 Å². The van der Waals surface area contributed by atoms with Gasteiger partial charge >= 0.3 is 0 Å². The lowest BCUT2D eigenvalue weighted by Gasteiger charge is -2.26. The number of aromatic nitrogens is 3. The number of morpholine rings is 1. The van der Waals surface area contributed by atoms with E-state index >= 15 is 0 Å². The number of nitrogens with zero attached hydrogens (tertiary/aromatic N) is 4. The summed E-state index contributed by atoms with van der Waals surface area (Å²) in [7, 11) is 3.20. The second-order valence-corrected chi connectivity index (χ2v) is 8.29. The van der Waals surface area contributed by atoms with Crippen molar-refractivity contribution in [2.24, 2.45) is 0 Å². The molecule has 5 rings (SSSR count). The molecule has 2 aromatic carbocycles. The van der Waals surface area contributed by atoms with Crippen LogP contribution in [0.15, 0.2) is 48.7 Å². The van der Waals surface area contributed by atoms with E-state index in [-0.39, 0.29) is 0 Å². The number of methoxy groups -OCH3 is 2. The van der Waals surface area contributed by atoms with Crippen LogP contribution in [0.3, 0.4) is 0 Å². The molecule has 36 heavy (non-hydrogen) atoms. The summed E-state index contributed by atoms with van der Waals surface area (Å²) in [5, 5.41) is 16.1. The zero-order valence-corrected chi connectivity index (χ0v) is 20.3. The third kappa shape index (κ3) is 4.79. The summed E-state index contributed by atoms with van der Waals surface area (Å²) < 4.78 is 23.9. The van der Waals surface area contributed by atoms with E-state index in [1.165, 1.54) is 0 Å². The minimum absolute atomic E-state index is 0.458. The van der Waals surface area contributed by atoms with E-state index in [2.05, 4.69) is 21.4 Å². The van der Waals surface area contributed by atoms with E-state index in [1.807, 2.05) is 42.5 Å². The van der Waals surface area contributed by atoms with Crippen LogP contribution < -0.4 is 19.5 Å². The molecule has 0 spiro atoms. The van der Waals surface area contributed by atoms with Crippen LogP contribution >= 0.6 is 0 Å². The Morgan fingerprint density at radius 2 is 1.86 bits per heavy atom. The molecular formula is C26H28N6O4. The van der Waals surface area contributed by atoms with Crippen LogP contribution in [0, 0.1) is 11.3 Å². The molecular weight excluding hydrogens is 460 g/mol. The molecule has 186 valence electrons. The molecule has 0 saturated carbocycles. The maximum Gasteiger partial charge on any atom is 0.173 e. The molecule has 1 aliphatic rings. The summed E-state index contributed by atoms with van der Waals surface area (Å²) >= 11 is 0. The lowest BCUT2D eigenvalue weighted by Crippen LogP contribution is -2.38. The van der Waals surface area contributed by atoms with Gasteiger partial charge in [-0.25, -0.2) is 9.50 Å². The highest BCUT2D eigenvalue weighted by molar-refractivity contribution is 5.81. The van der Waals surface area contributed by atoms with Gasteiger partial charge in [-0.05, 0) is 36.4 Å². The van der Waals surface area contributed by atoms with Crippen LogP contribution in [0.25, 0.3) is 16.9 Å². The first-order valence-electron chi connectivity index (χ1n) is 11.7. The SMILES string of the molecule is COc1ccc(Nc2c(-c3ccc(OCCN4CCOCC4)cc3)nc3c(C#N)c[nH]n23)cc1OC. The van der Waals surface area contributed by atoms with Crippen molar-refractivity contribution in [3.05, 3.63) is 54.2 Å². The standard InChI is InChI=1S/C26H28N6O4/c1-33-22-8-5-20(15-23(22)34-2)29-26-24(30-25-19(16-27)17-28-32(25)26)18-3-6-21(7-4-18)36-14-11-31-9-12-35-13-10-31/h3-8,15,17,28-29H,9-14H2,1-2H3. The summed E-state index contributed by atoms with van der Waals surface area (Å²) in [5.74, 6) is 2.73. The molecule has 2 N–H and O–H groups in total. The largest absolute Gasteiger partial charge is 0.493 e. The molecule has 0 unspecified atom stereocenters. The zero-order valence-electron chi connectivity index (χ0n) is 20.3. The number of imidazole rings is 1. The van der Waals surface area contributed by atoms with E-state index in [4.69, 9.17) is 23.9 Å². The molecule has 0 amide bonds. The van der Waals surface area contributed by atoms with Crippen LogP contribution in [-0.2, 0) is 4.74 Å². The number of aromatic amines is 1. The van der Waals surface area contributed by atoms with Crippen molar-refractivity contribution in [1.29, 1.82) is 5.26 Å². The molecule has 10 nitrogen and oxygen atoms in total. The summed E-state index contributed by atoms with van der Waals surface area (Å²) in [6.45, 7) is 4.92. The van der Waals surface area contributed by atoms with Gasteiger partial charge in [-0.2, -0.15) is 5.26 Å². The summed E-state index contributed by atoms with van der Waals surface area (Å²) in [6, 6.07) is 15.6. The van der Waals surface area contributed by atoms with Crippen molar-refractivity contribution in [3.63, 3.8) is 0 Å². The Kier molecular flexibility index (Phi) is 6.93. The second kappa shape index (κ2) is 10.6. The third-order valence-corrected chi connectivity index (χ3v) is 6.13. The second-order valence-electron chi connectivity index (χ2n) is 8.29. The van der Waals surface area contributed by atoms with Crippen molar-refractivity contribution >= 4 is 17.2 Å². The maximum atomic E-state index is 9.52. The van der Waals surface area contributed by atoms with Gasteiger partial charge in [-0.3, -0.25) is 10.00 Å². The van der Waals surface area contributed by atoms with Crippen LogP contribution in [0.5, 0.6) is 17.2 Å². The van der Waals surface area contributed by atoms with E-state index in [0.717, 1.165) is 49.8 Å². The van der Waals surface area contributed by atoms with E-state index in [9.17, 15) is 5.26 Å². The number of benzene rings is 2. The Morgan fingerprint density at radius 3 is 2.58 bits per heavy atom. The number of hydrogen-bond acceptors (Lipinski definition) is 8. The highest BCUT2D eigenvalue weighted by Crippen LogP contribution is 2.35. The van der Waals surface area contributed by atoms with Crippen molar-refractivity contribution in [2.75, 3.05) is 59.0 Å². The van der Waals surface area contributed by atoms with Crippen LogP contribution in [0.1, 0.15) is 5.56 Å². The molecule has 1 saturated heterocycles. The minimum atomic E-state index is 0.458. The number of rotatable bonds is 9. The smallest absolute Gasteiger partial charge is 0.173 e. The third-order valence-electron chi connectivity index (χ3n) is 6.13. The van der Waals surface area contributed by atoms with Crippen LogP contribution in [-0.4, -0.2) is 73.2 Å². The first-order valence-corrected chi connectivity index (χ1v) is 11.7. The fourth-order valence-corrected chi connectivity index (χ4v) is 4.20. The number of fused-ring (bicyclic) bond motifs is 1. The van der Waals surface area contributed by atoms with Crippen molar-refractivity contribution < 1.29 is 18.9 Å². The molecule has 1 fully saturated rings. The van der Waals surface area contributed by atoms with Gasteiger partial charge in [0, 0.05) is 43.1 Å². The molecule has 0 bridgehead atoms. The Morgan fingerprint density at radius 1 is 1.08 bits per heavy atom. The fourth-order valence-electron chi connectivity index (χ4n) is 4.20. The Bertz CT molecular complexity index is 1370. The van der Waals surface area contributed by atoms with Gasteiger partial charge in [0.25, 0.3) is 0 Å². The average Bonchev–Trinajstić information content (AvgIpc) is 3.49. The molecule has 0 aliphatic carbocycles. The molecule has 10 heteroatoms. The van der Waals surface area contributed by atoms with Gasteiger partial charge in [-0.15, -0.1) is 0 Å². The molecule has 0 atom stereocenters. The summed E-state index contributed by atoms with van der Waals surface area (Å²) in [5.41, 5.74) is 3.38. The monoisotopic (exact) mass is 488 g/mol. The Hall–Kier alpha value is -4.20. The van der Waals surface area contributed by atoms with Crippen molar-refractivity contribution in [1.82, 2.24) is 19.5 Å². The molecule has 1 aliphatic heterocycles. The van der Waals surface area contributed by atoms with E-state index in [1.54, 1.807) is 24.9 Å². The van der Waals surface area contributed by atoms with Gasteiger partial charge < -0.3 is 24.3 Å². The van der Waals surface area contributed by atoms with E-state index < -0.39 is 0 Å². The summed E-state index contributed by atoms with van der Waals surface area (Å²) in [6.07, 6.45) is 1.64. The topological polar surface area (TPSA) is 109 Å². The van der Waals surface area contributed by atoms with Gasteiger partial charge in [0.15, 0.2) is 23.0 Å². The number of anilines is 2. The minimum Gasteiger partial charge on any atom is -0.493 e.